The van der Waals surface area contributed by atoms with Gasteiger partial charge in [-0.25, -0.2) is 0 Å². The summed E-state index contributed by atoms with van der Waals surface area (Å²) in [4.78, 5) is 12.1. The number of amides is 1. The summed E-state index contributed by atoms with van der Waals surface area (Å²) >= 11 is 0. The molecule has 0 unspecified atom stereocenters. The summed E-state index contributed by atoms with van der Waals surface area (Å²) in [6.07, 6.45) is 23.6. The molecule has 4 nitrogen and oxygen atoms in total. The van der Waals surface area contributed by atoms with Crippen LogP contribution in [0.3, 0.4) is 0 Å². The monoisotopic (exact) mass is 391 g/mol. The minimum absolute atomic E-state index is 0.00607. The quantitative estimate of drug-likeness (QED) is 0.282. The molecule has 0 saturated heterocycles. The number of nitrogens with one attached hydrogen (secondary N) is 1. The molecular formula is C24H45N3O. The van der Waals surface area contributed by atoms with Gasteiger partial charge in [-0.1, -0.05) is 103 Å². The van der Waals surface area contributed by atoms with E-state index in [-0.39, 0.29) is 5.91 Å². The smallest absolute Gasteiger partial charge is 0.254 e. The molecule has 0 radical (unpaired) electrons. The molecule has 162 valence electrons. The zero-order valence-corrected chi connectivity index (χ0v) is 18.9. The lowest BCUT2D eigenvalue weighted by Gasteiger charge is -2.05. The first kappa shape index (κ1) is 24.7. The van der Waals surface area contributed by atoms with Crippen molar-refractivity contribution in [3.8, 4) is 0 Å². The number of unbranched alkanes of at least 4 members (excludes halogenated alkanes) is 15. The van der Waals surface area contributed by atoms with Crippen LogP contribution in [-0.4, -0.2) is 22.2 Å². The van der Waals surface area contributed by atoms with Gasteiger partial charge in [0.2, 0.25) is 0 Å². The van der Waals surface area contributed by atoms with Crippen molar-refractivity contribution in [1.82, 2.24) is 15.1 Å². The van der Waals surface area contributed by atoms with Crippen LogP contribution in [-0.2, 0) is 7.05 Å². The summed E-state index contributed by atoms with van der Waals surface area (Å²) in [7, 11) is 1.86. The Morgan fingerprint density at radius 3 is 1.64 bits per heavy atom. The molecule has 0 atom stereocenters. The molecule has 0 aliphatic heterocycles. The van der Waals surface area contributed by atoms with E-state index in [1.165, 1.54) is 96.3 Å². The second-order valence-electron chi connectivity index (χ2n) is 8.33. The maximum absolute atomic E-state index is 12.1. The zero-order chi connectivity index (χ0) is 20.5. The highest BCUT2D eigenvalue weighted by molar-refractivity contribution is 5.94. The summed E-state index contributed by atoms with van der Waals surface area (Å²) in [6.45, 7) is 4.98. The van der Waals surface area contributed by atoms with E-state index in [1.54, 1.807) is 10.9 Å². The van der Waals surface area contributed by atoms with E-state index in [4.69, 9.17) is 0 Å². The third kappa shape index (κ3) is 11.5. The Labute approximate surface area is 173 Å². The Morgan fingerprint density at radius 1 is 0.821 bits per heavy atom. The molecule has 0 bridgehead atoms. The maximum atomic E-state index is 12.1. The fraction of sp³-hybridized carbons (Fsp3) is 0.833. The van der Waals surface area contributed by atoms with Crippen molar-refractivity contribution in [2.45, 2.75) is 117 Å². The number of hydrogen-bond acceptors (Lipinski definition) is 2. The second kappa shape index (κ2) is 16.6. The third-order valence-corrected chi connectivity index (χ3v) is 5.80. The highest BCUT2D eigenvalue weighted by atomic mass is 16.1. The minimum atomic E-state index is 0.00607. The maximum Gasteiger partial charge on any atom is 0.254 e. The number of carbonyl (C=O) groups excluding carboxylic acids is 1. The van der Waals surface area contributed by atoms with Crippen molar-refractivity contribution in [3.63, 3.8) is 0 Å². The summed E-state index contributed by atoms with van der Waals surface area (Å²) in [5.41, 5.74) is 1.61. The van der Waals surface area contributed by atoms with Crippen molar-refractivity contribution in [2.75, 3.05) is 6.54 Å². The van der Waals surface area contributed by atoms with Crippen molar-refractivity contribution in [2.24, 2.45) is 7.05 Å². The lowest BCUT2D eigenvalue weighted by Crippen LogP contribution is -2.24. The first-order chi connectivity index (χ1) is 13.7. The zero-order valence-electron chi connectivity index (χ0n) is 18.9. The number of aromatic nitrogens is 2. The van der Waals surface area contributed by atoms with E-state index in [2.05, 4.69) is 17.3 Å². The second-order valence-corrected chi connectivity index (χ2v) is 8.33. The standard InChI is InChI=1S/C24H45N3O/c1-4-5-6-7-8-9-10-11-12-13-14-15-16-17-18-19-20-25-24(28)23-21-26-27(3)22(23)2/h21H,4-20H2,1-3H3,(H,25,28). The summed E-state index contributed by atoms with van der Waals surface area (Å²) in [6, 6.07) is 0. The lowest BCUT2D eigenvalue weighted by molar-refractivity contribution is 0.0952. The van der Waals surface area contributed by atoms with Gasteiger partial charge in [-0.05, 0) is 13.3 Å². The molecule has 0 saturated carbocycles. The van der Waals surface area contributed by atoms with Crippen LogP contribution in [0, 0.1) is 6.92 Å². The van der Waals surface area contributed by atoms with E-state index >= 15 is 0 Å². The van der Waals surface area contributed by atoms with Crippen LogP contribution in [0.5, 0.6) is 0 Å². The summed E-state index contributed by atoms with van der Waals surface area (Å²) in [5, 5.41) is 7.13. The molecule has 1 heterocycles. The van der Waals surface area contributed by atoms with Crippen LogP contribution in [0.4, 0.5) is 0 Å². The van der Waals surface area contributed by atoms with E-state index < -0.39 is 0 Å². The van der Waals surface area contributed by atoms with E-state index in [1.807, 2.05) is 14.0 Å². The van der Waals surface area contributed by atoms with Gasteiger partial charge >= 0.3 is 0 Å². The Balaban J connectivity index is 1.80. The van der Waals surface area contributed by atoms with Gasteiger partial charge in [0, 0.05) is 19.3 Å². The van der Waals surface area contributed by atoms with Crippen molar-refractivity contribution < 1.29 is 4.79 Å². The summed E-state index contributed by atoms with van der Waals surface area (Å²) < 4.78 is 1.74. The van der Waals surface area contributed by atoms with Crippen LogP contribution in [0.15, 0.2) is 6.20 Å². The molecule has 0 fully saturated rings. The van der Waals surface area contributed by atoms with Crippen molar-refractivity contribution in [1.29, 1.82) is 0 Å². The molecular weight excluding hydrogens is 346 g/mol. The third-order valence-electron chi connectivity index (χ3n) is 5.80. The van der Waals surface area contributed by atoms with Crippen molar-refractivity contribution in [3.05, 3.63) is 17.5 Å². The van der Waals surface area contributed by atoms with Gasteiger partial charge in [0.1, 0.15) is 0 Å². The van der Waals surface area contributed by atoms with E-state index in [0.717, 1.165) is 18.7 Å². The Hall–Kier alpha value is -1.32. The molecule has 1 aromatic heterocycles. The average molecular weight is 392 g/mol. The Kier molecular flexibility index (Phi) is 14.7. The van der Waals surface area contributed by atoms with Gasteiger partial charge in [0.05, 0.1) is 11.8 Å². The van der Waals surface area contributed by atoms with Gasteiger partial charge in [-0.2, -0.15) is 5.10 Å². The van der Waals surface area contributed by atoms with Crippen molar-refractivity contribution >= 4 is 5.91 Å². The molecule has 1 rings (SSSR count). The normalized spacial score (nSPS) is 11.1. The van der Waals surface area contributed by atoms with Gasteiger partial charge in [0.15, 0.2) is 0 Å². The van der Waals surface area contributed by atoms with Crippen LogP contribution >= 0.6 is 0 Å². The number of hydrogen-bond donors (Lipinski definition) is 1. The number of rotatable bonds is 18. The van der Waals surface area contributed by atoms with Crippen LogP contribution in [0.2, 0.25) is 0 Å². The number of carbonyl (C=O) groups is 1. The number of nitrogens with zero attached hydrogens (tertiary/aromatic N) is 2. The molecule has 0 aliphatic rings. The van der Waals surface area contributed by atoms with E-state index in [0.29, 0.717) is 5.56 Å². The molecule has 4 heteroatoms. The highest BCUT2D eigenvalue weighted by Gasteiger charge is 2.11. The predicted molar refractivity (Wildman–Crippen MR) is 120 cm³/mol. The van der Waals surface area contributed by atoms with E-state index in [9.17, 15) is 4.79 Å². The SMILES string of the molecule is CCCCCCCCCCCCCCCCCCNC(=O)c1cnn(C)c1C. The van der Waals surface area contributed by atoms with Gasteiger partial charge in [-0.15, -0.1) is 0 Å². The average Bonchev–Trinajstić information content (AvgIpc) is 3.03. The topological polar surface area (TPSA) is 46.9 Å². The van der Waals surface area contributed by atoms with Crippen LogP contribution in [0.25, 0.3) is 0 Å². The Bertz CT molecular complexity index is 510. The Morgan fingerprint density at radius 2 is 1.25 bits per heavy atom. The minimum Gasteiger partial charge on any atom is -0.352 e. The van der Waals surface area contributed by atoms with Gasteiger partial charge in [-0.3, -0.25) is 9.48 Å². The predicted octanol–water partition coefficient (Wildman–Crippen LogP) is 6.72. The fourth-order valence-corrected chi connectivity index (χ4v) is 3.69. The first-order valence-electron chi connectivity index (χ1n) is 11.9. The molecule has 1 aromatic rings. The van der Waals surface area contributed by atoms with Crippen LogP contribution < -0.4 is 5.32 Å². The van der Waals surface area contributed by atoms with Crippen LogP contribution in [0.1, 0.15) is 126 Å². The molecule has 0 aromatic carbocycles. The number of aryl methyl sites for hydroxylation is 1. The largest absolute Gasteiger partial charge is 0.352 e. The first-order valence-corrected chi connectivity index (χ1v) is 11.9. The molecule has 1 amide bonds. The summed E-state index contributed by atoms with van der Waals surface area (Å²) in [5.74, 6) is 0.00607. The molecule has 28 heavy (non-hydrogen) atoms. The molecule has 0 spiro atoms. The fourth-order valence-electron chi connectivity index (χ4n) is 3.69. The van der Waals surface area contributed by atoms with Gasteiger partial charge < -0.3 is 5.32 Å². The van der Waals surface area contributed by atoms with Gasteiger partial charge in [0.25, 0.3) is 5.91 Å². The molecule has 1 N–H and O–H groups in total. The molecule has 0 aliphatic carbocycles. The highest BCUT2D eigenvalue weighted by Crippen LogP contribution is 2.13. The lowest BCUT2D eigenvalue weighted by atomic mass is 10.0.